The van der Waals surface area contributed by atoms with Crippen LogP contribution in [0.15, 0.2) is 35.2 Å². The summed E-state index contributed by atoms with van der Waals surface area (Å²) in [6.07, 6.45) is 0. The van der Waals surface area contributed by atoms with Gasteiger partial charge in [-0.05, 0) is 44.2 Å². The molecule has 0 bridgehead atoms. The van der Waals surface area contributed by atoms with E-state index in [1.54, 1.807) is 12.1 Å². The summed E-state index contributed by atoms with van der Waals surface area (Å²) in [6, 6.07) is 7.71. The first-order valence-corrected chi connectivity index (χ1v) is 7.09. The van der Waals surface area contributed by atoms with Crippen LogP contribution >= 0.6 is 0 Å². The Morgan fingerprint density at radius 1 is 1.33 bits per heavy atom. The number of halogens is 1. The molecule has 96 valence electrons. The van der Waals surface area contributed by atoms with Gasteiger partial charge in [0.25, 0.3) is 0 Å². The maximum absolute atomic E-state index is 12.8. The Morgan fingerprint density at radius 3 is 2.61 bits per heavy atom. The van der Waals surface area contributed by atoms with E-state index in [2.05, 4.69) is 5.10 Å². The van der Waals surface area contributed by atoms with Gasteiger partial charge in [0, 0.05) is 11.4 Å². The summed E-state index contributed by atoms with van der Waals surface area (Å²) in [5, 5.41) is 4.31. The molecule has 0 N–H and O–H groups in total. The summed E-state index contributed by atoms with van der Waals surface area (Å²) in [6.45, 7) is 4.66. The van der Waals surface area contributed by atoms with E-state index in [0.29, 0.717) is 10.6 Å². The maximum atomic E-state index is 12.8. The molecule has 0 amide bonds. The highest BCUT2D eigenvalue weighted by atomic mass is 32.2. The average Bonchev–Trinajstić information content (AvgIpc) is 2.70. The number of hydrogen-bond donors (Lipinski definition) is 0. The second-order valence-electron chi connectivity index (χ2n) is 4.04. The quantitative estimate of drug-likeness (QED) is 0.852. The van der Waals surface area contributed by atoms with E-state index in [1.807, 2.05) is 24.6 Å². The summed E-state index contributed by atoms with van der Waals surface area (Å²) < 4.78 is 26.8. The first kappa shape index (κ1) is 13.0. The maximum Gasteiger partial charge on any atom is 0.123 e. The molecule has 5 heteroatoms. The molecular weight excluding hydrogens is 251 g/mol. The average molecular weight is 266 g/mol. The molecule has 2 rings (SSSR count). The fourth-order valence-corrected chi connectivity index (χ4v) is 2.90. The number of aryl methyl sites for hydroxylation is 2. The highest BCUT2D eigenvalue weighted by Gasteiger charge is 2.10. The van der Waals surface area contributed by atoms with Gasteiger partial charge in [-0.15, -0.1) is 0 Å². The Bertz CT molecular complexity index is 563. The molecule has 0 spiro atoms. The van der Waals surface area contributed by atoms with Gasteiger partial charge in [-0.2, -0.15) is 5.10 Å². The van der Waals surface area contributed by atoms with E-state index in [0.717, 1.165) is 17.9 Å². The summed E-state index contributed by atoms with van der Waals surface area (Å²) in [5.74, 6) is 0.0885. The predicted molar refractivity (Wildman–Crippen MR) is 69.2 cm³/mol. The summed E-state index contributed by atoms with van der Waals surface area (Å²) in [5.41, 5.74) is 1.86. The zero-order chi connectivity index (χ0) is 13.1. The molecule has 0 fully saturated rings. The third-order valence-electron chi connectivity index (χ3n) is 2.64. The fourth-order valence-electron chi connectivity index (χ4n) is 1.79. The lowest BCUT2D eigenvalue weighted by Gasteiger charge is -2.05. The van der Waals surface area contributed by atoms with Gasteiger partial charge in [0.2, 0.25) is 0 Å². The number of hydrogen-bond acceptors (Lipinski definition) is 2. The molecule has 1 unspecified atom stereocenters. The van der Waals surface area contributed by atoms with Crippen LogP contribution in [0.1, 0.15) is 18.3 Å². The SMILES string of the molecule is CCn1nc(C)cc1CS(=O)c1ccc(F)cc1. The van der Waals surface area contributed by atoms with Crippen LogP contribution in [-0.2, 0) is 23.1 Å². The highest BCUT2D eigenvalue weighted by molar-refractivity contribution is 7.84. The minimum atomic E-state index is -1.17. The molecule has 0 aliphatic heterocycles. The van der Waals surface area contributed by atoms with Crippen LogP contribution in [0, 0.1) is 12.7 Å². The lowest BCUT2D eigenvalue weighted by molar-refractivity contribution is 0.624. The van der Waals surface area contributed by atoms with E-state index >= 15 is 0 Å². The Labute approximate surface area is 108 Å². The Kier molecular flexibility index (Phi) is 3.91. The first-order chi connectivity index (χ1) is 8.60. The van der Waals surface area contributed by atoms with E-state index in [-0.39, 0.29) is 5.82 Å². The Morgan fingerprint density at radius 2 is 2.00 bits per heavy atom. The van der Waals surface area contributed by atoms with Crippen LogP contribution < -0.4 is 0 Å². The minimum Gasteiger partial charge on any atom is -0.269 e. The molecule has 2 aromatic rings. The van der Waals surface area contributed by atoms with Crippen LogP contribution in [-0.4, -0.2) is 14.0 Å². The van der Waals surface area contributed by atoms with E-state index in [4.69, 9.17) is 0 Å². The van der Waals surface area contributed by atoms with Crippen molar-refractivity contribution in [1.82, 2.24) is 9.78 Å². The highest BCUT2D eigenvalue weighted by Crippen LogP contribution is 2.14. The zero-order valence-corrected chi connectivity index (χ0v) is 11.2. The summed E-state index contributed by atoms with van der Waals surface area (Å²) >= 11 is 0. The summed E-state index contributed by atoms with van der Waals surface area (Å²) in [7, 11) is -1.17. The van der Waals surface area contributed by atoms with E-state index in [9.17, 15) is 8.60 Å². The van der Waals surface area contributed by atoms with Crippen molar-refractivity contribution >= 4 is 10.8 Å². The number of nitrogens with zero attached hydrogens (tertiary/aromatic N) is 2. The smallest absolute Gasteiger partial charge is 0.123 e. The monoisotopic (exact) mass is 266 g/mol. The van der Waals surface area contributed by atoms with Gasteiger partial charge in [-0.3, -0.25) is 8.89 Å². The van der Waals surface area contributed by atoms with Gasteiger partial charge in [-0.25, -0.2) is 4.39 Å². The Hall–Kier alpha value is -1.49. The zero-order valence-electron chi connectivity index (χ0n) is 10.4. The van der Waals surface area contributed by atoms with Crippen molar-refractivity contribution in [1.29, 1.82) is 0 Å². The van der Waals surface area contributed by atoms with Crippen molar-refractivity contribution in [2.45, 2.75) is 31.0 Å². The van der Waals surface area contributed by atoms with Gasteiger partial charge in [0.05, 0.1) is 27.9 Å². The second-order valence-corrected chi connectivity index (χ2v) is 5.49. The standard InChI is InChI=1S/C13H15FN2OS/c1-3-16-12(8-10(2)15-16)9-18(17)13-6-4-11(14)5-7-13/h4-8H,3,9H2,1-2H3. The first-order valence-electron chi connectivity index (χ1n) is 5.77. The van der Waals surface area contributed by atoms with Gasteiger partial charge < -0.3 is 0 Å². The molecule has 3 nitrogen and oxygen atoms in total. The van der Waals surface area contributed by atoms with E-state index in [1.165, 1.54) is 12.1 Å². The van der Waals surface area contributed by atoms with E-state index < -0.39 is 10.8 Å². The van der Waals surface area contributed by atoms with Crippen LogP contribution in [0.2, 0.25) is 0 Å². The van der Waals surface area contributed by atoms with Gasteiger partial charge in [0.1, 0.15) is 5.82 Å². The molecule has 1 heterocycles. The van der Waals surface area contributed by atoms with Crippen LogP contribution in [0.3, 0.4) is 0 Å². The third-order valence-corrected chi connectivity index (χ3v) is 4.00. The molecule has 0 aliphatic carbocycles. The van der Waals surface area contributed by atoms with Gasteiger partial charge in [-0.1, -0.05) is 0 Å². The number of aromatic nitrogens is 2. The third kappa shape index (κ3) is 2.85. The second kappa shape index (κ2) is 5.44. The van der Waals surface area contributed by atoms with Crippen molar-refractivity contribution in [3.8, 4) is 0 Å². The van der Waals surface area contributed by atoms with Crippen LogP contribution in [0.5, 0.6) is 0 Å². The van der Waals surface area contributed by atoms with Crippen LogP contribution in [0.25, 0.3) is 0 Å². The molecule has 0 radical (unpaired) electrons. The molecule has 0 saturated carbocycles. The predicted octanol–water partition coefficient (Wildman–Crippen LogP) is 2.66. The van der Waals surface area contributed by atoms with Crippen molar-refractivity contribution in [3.05, 3.63) is 47.5 Å². The van der Waals surface area contributed by atoms with Gasteiger partial charge in [0.15, 0.2) is 0 Å². The lowest BCUT2D eigenvalue weighted by atomic mass is 10.3. The minimum absolute atomic E-state index is 0.315. The molecule has 0 aliphatic rings. The normalized spacial score (nSPS) is 12.6. The van der Waals surface area contributed by atoms with Crippen LogP contribution in [0.4, 0.5) is 4.39 Å². The number of rotatable bonds is 4. The van der Waals surface area contributed by atoms with Crippen molar-refractivity contribution in [3.63, 3.8) is 0 Å². The lowest BCUT2D eigenvalue weighted by Crippen LogP contribution is -2.06. The molecule has 1 aromatic heterocycles. The van der Waals surface area contributed by atoms with Crippen molar-refractivity contribution in [2.24, 2.45) is 0 Å². The molecule has 1 aromatic carbocycles. The largest absolute Gasteiger partial charge is 0.269 e. The Balaban J connectivity index is 2.18. The number of benzene rings is 1. The molecular formula is C13H15FN2OS. The molecule has 1 atom stereocenters. The van der Waals surface area contributed by atoms with Gasteiger partial charge >= 0.3 is 0 Å². The van der Waals surface area contributed by atoms with Crippen molar-refractivity contribution in [2.75, 3.05) is 0 Å². The fraction of sp³-hybridized carbons (Fsp3) is 0.308. The molecule has 0 saturated heterocycles. The van der Waals surface area contributed by atoms with Crippen molar-refractivity contribution < 1.29 is 8.60 Å². The topological polar surface area (TPSA) is 34.9 Å². The summed E-state index contributed by atoms with van der Waals surface area (Å²) in [4.78, 5) is 0.637. The molecule has 18 heavy (non-hydrogen) atoms.